The van der Waals surface area contributed by atoms with Crippen LogP contribution in [0.4, 0.5) is 4.39 Å². The van der Waals surface area contributed by atoms with Crippen molar-refractivity contribution in [2.45, 2.75) is 19.4 Å². The lowest BCUT2D eigenvalue weighted by molar-refractivity contribution is -0.121. The Bertz CT molecular complexity index is 393. The number of ether oxygens (including phenoxy) is 1. The first-order valence-corrected chi connectivity index (χ1v) is 5.35. The summed E-state index contributed by atoms with van der Waals surface area (Å²) in [6.07, 6.45) is -0.558. The topological polar surface area (TPSA) is 58.6 Å². The smallest absolute Gasteiger partial charge is 0.223 e. The molecule has 0 heterocycles. The van der Waals surface area contributed by atoms with Crippen LogP contribution >= 0.6 is 0 Å². The SMILES string of the molecule is CNC(=O)CCOc1cc(F)ccc1C(C)O. The Balaban J connectivity index is 2.68. The number of nitrogens with one attached hydrogen (secondary N) is 1. The molecule has 1 aromatic rings. The third-order valence-corrected chi connectivity index (χ3v) is 2.29. The molecule has 2 N–H and O–H groups in total. The Morgan fingerprint density at radius 2 is 2.29 bits per heavy atom. The van der Waals surface area contributed by atoms with Crippen LogP contribution in [0, 0.1) is 5.82 Å². The van der Waals surface area contributed by atoms with Gasteiger partial charge in [-0.2, -0.15) is 0 Å². The van der Waals surface area contributed by atoms with E-state index in [4.69, 9.17) is 4.74 Å². The summed E-state index contributed by atoms with van der Waals surface area (Å²) < 4.78 is 18.3. The number of carbonyl (C=O) groups excluding carboxylic acids is 1. The molecular formula is C12H16FNO3. The van der Waals surface area contributed by atoms with Crippen molar-refractivity contribution in [2.75, 3.05) is 13.7 Å². The molecule has 1 unspecified atom stereocenters. The molecule has 0 saturated heterocycles. The minimum atomic E-state index is -0.745. The second-order valence-electron chi connectivity index (χ2n) is 3.63. The number of benzene rings is 1. The molecule has 94 valence electrons. The maximum atomic E-state index is 13.0. The lowest BCUT2D eigenvalue weighted by Crippen LogP contribution is -2.20. The number of hydrogen-bond donors (Lipinski definition) is 2. The van der Waals surface area contributed by atoms with Crippen LogP contribution in [0.2, 0.25) is 0 Å². The van der Waals surface area contributed by atoms with Crippen LogP contribution in [0.5, 0.6) is 5.75 Å². The normalized spacial score (nSPS) is 12.0. The number of halogens is 1. The number of hydrogen-bond acceptors (Lipinski definition) is 3. The van der Waals surface area contributed by atoms with Gasteiger partial charge in [-0.1, -0.05) is 0 Å². The number of aliphatic hydroxyl groups is 1. The quantitative estimate of drug-likeness (QED) is 0.819. The highest BCUT2D eigenvalue weighted by atomic mass is 19.1. The molecule has 0 bridgehead atoms. The van der Waals surface area contributed by atoms with E-state index >= 15 is 0 Å². The fourth-order valence-corrected chi connectivity index (χ4v) is 1.36. The van der Waals surface area contributed by atoms with Gasteiger partial charge in [0.1, 0.15) is 11.6 Å². The van der Waals surface area contributed by atoms with Crippen molar-refractivity contribution < 1.29 is 19.0 Å². The summed E-state index contributed by atoms with van der Waals surface area (Å²) in [5.41, 5.74) is 0.503. The maximum Gasteiger partial charge on any atom is 0.223 e. The first-order chi connectivity index (χ1) is 8.04. The first-order valence-electron chi connectivity index (χ1n) is 5.35. The van der Waals surface area contributed by atoms with E-state index in [0.717, 1.165) is 0 Å². The zero-order valence-electron chi connectivity index (χ0n) is 9.87. The second-order valence-corrected chi connectivity index (χ2v) is 3.63. The van der Waals surface area contributed by atoms with E-state index in [-0.39, 0.29) is 24.7 Å². The van der Waals surface area contributed by atoms with Crippen LogP contribution < -0.4 is 10.1 Å². The lowest BCUT2D eigenvalue weighted by atomic mass is 10.1. The second kappa shape index (κ2) is 6.20. The van der Waals surface area contributed by atoms with Crippen molar-refractivity contribution in [3.63, 3.8) is 0 Å². The molecular weight excluding hydrogens is 225 g/mol. The van der Waals surface area contributed by atoms with Crippen LogP contribution in [0.1, 0.15) is 25.0 Å². The highest BCUT2D eigenvalue weighted by Gasteiger charge is 2.10. The van der Waals surface area contributed by atoms with E-state index in [1.807, 2.05) is 0 Å². The molecule has 0 radical (unpaired) electrons. The molecule has 0 fully saturated rings. The molecule has 1 amide bonds. The number of carbonyl (C=O) groups is 1. The largest absolute Gasteiger partial charge is 0.493 e. The maximum absolute atomic E-state index is 13.0. The van der Waals surface area contributed by atoms with Crippen LogP contribution in [-0.4, -0.2) is 24.7 Å². The Morgan fingerprint density at radius 3 is 2.88 bits per heavy atom. The average Bonchev–Trinajstić information content (AvgIpc) is 2.28. The van der Waals surface area contributed by atoms with Gasteiger partial charge in [0.25, 0.3) is 0 Å². The molecule has 0 saturated carbocycles. The Morgan fingerprint density at radius 1 is 1.59 bits per heavy atom. The molecule has 4 nitrogen and oxygen atoms in total. The summed E-state index contributed by atoms with van der Waals surface area (Å²) in [6, 6.07) is 3.93. The predicted molar refractivity (Wildman–Crippen MR) is 61.2 cm³/mol. The Hall–Kier alpha value is -1.62. The molecule has 1 aromatic carbocycles. The molecule has 1 atom stereocenters. The highest BCUT2D eigenvalue weighted by Crippen LogP contribution is 2.26. The number of aliphatic hydroxyl groups excluding tert-OH is 1. The average molecular weight is 241 g/mol. The van der Waals surface area contributed by atoms with Crippen molar-refractivity contribution in [3.05, 3.63) is 29.6 Å². The lowest BCUT2D eigenvalue weighted by Gasteiger charge is -2.13. The molecule has 5 heteroatoms. The summed E-state index contributed by atoms with van der Waals surface area (Å²) in [7, 11) is 1.53. The highest BCUT2D eigenvalue weighted by molar-refractivity contribution is 5.75. The Kier molecular flexibility index (Phi) is 4.90. The van der Waals surface area contributed by atoms with E-state index in [1.165, 1.54) is 25.2 Å². The van der Waals surface area contributed by atoms with Crippen molar-refractivity contribution in [1.82, 2.24) is 5.32 Å². The monoisotopic (exact) mass is 241 g/mol. The first kappa shape index (κ1) is 13.4. The number of amides is 1. The Labute approximate surface area is 99.4 Å². The van der Waals surface area contributed by atoms with Gasteiger partial charge in [-0.3, -0.25) is 4.79 Å². The van der Waals surface area contributed by atoms with Crippen LogP contribution in [0.25, 0.3) is 0 Å². The van der Waals surface area contributed by atoms with Crippen LogP contribution in [0.3, 0.4) is 0 Å². The van der Waals surface area contributed by atoms with Gasteiger partial charge in [0.2, 0.25) is 5.91 Å². The fraction of sp³-hybridized carbons (Fsp3) is 0.417. The van der Waals surface area contributed by atoms with Crippen molar-refractivity contribution in [2.24, 2.45) is 0 Å². The minimum Gasteiger partial charge on any atom is -0.493 e. The van der Waals surface area contributed by atoms with Gasteiger partial charge in [0, 0.05) is 18.7 Å². The van der Waals surface area contributed by atoms with Gasteiger partial charge in [0.15, 0.2) is 0 Å². The summed E-state index contributed by atoms with van der Waals surface area (Å²) in [5.74, 6) is -0.326. The minimum absolute atomic E-state index is 0.142. The molecule has 0 aromatic heterocycles. The van der Waals surface area contributed by atoms with E-state index < -0.39 is 11.9 Å². The van der Waals surface area contributed by atoms with E-state index in [9.17, 15) is 14.3 Å². The van der Waals surface area contributed by atoms with Gasteiger partial charge in [0.05, 0.1) is 19.1 Å². The summed E-state index contributed by atoms with van der Waals surface area (Å²) in [4.78, 5) is 11.0. The predicted octanol–water partition coefficient (Wildman–Crippen LogP) is 1.39. The molecule has 17 heavy (non-hydrogen) atoms. The van der Waals surface area contributed by atoms with E-state index in [1.54, 1.807) is 6.92 Å². The summed E-state index contributed by atoms with van der Waals surface area (Å²) >= 11 is 0. The molecule has 1 rings (SSSR count). The van der Waals surface area contributed by atoms with Crippen LogP contribution in [0.15, 0.2) is 18.2 Å². The van der Waals surface area contributed by atoms with Crippen molar-refractivity contribution in [3.8, 4) is 5.75 Å². The van der Waals surface area contributed by atoms with Crippen molar-refractivity contribution >= 4 is 5.91 Å². The van der Waals surface area contributed by atoms with Gasteiger partial charge < -0.3 is 15.2 Å². The standard InChI is InChI=1S/C12H16FNO3/c1-8(15)10-4-3-9(13)7-11(10)17-6-5-12(16)14-2/h3-4,7-8,15H,5-6H2,1-2H3,(H,14,16). The zero-order valence-corrected chi connectivity index (χ0v) is 9.87. The third-order valence-electron chi connectivity index (χ3n) is 2.29. The van der Waals surface area contributed by atoms with Crippen molar-refractivity contribution in [1.29, 1.82) is 0 Å². The molecule has 0 aliphatic carbocycles. The van der Waals surface area contributed by atoms with Gasteiger partial charge in [-0.05, 0) is 19.1 Å². The summed E-state index contributed by atoms with van der Waals surface area (Å²) in [6.45, 7) is 1.71. The third kappa shape index (κ3) is 4.03. The molecule has 0 aliphatic rings. The summed E-state index contributed by atoms with van der Waals surface area (Å²) in [5, 5.41) is 11.9. The fourth-order valence-electron chi connectivity index (χ4n) is 1.36. The zero-order chi connectivity index (χ0) is 12.8. The van der Waals surface area contributed by atoms with Gasteiger partial charge in [-0.15, -0.1) is 0 Å². The van der Waals surface area contributed by atoms with Gasteiger partial charge >= 0.3 is 0 Å². The molecule has 0 aliphatic heterocycles. The van der Waals surface area contributed by atoms with E-state index in [0.29, 0.717) is 5.56 Å². The number of rotatable bonds is 5. The van der Waals surface area contributed by atoms with Gasteiger partial charge in [-0.25, -0.2) is 4.39 Å². The molecule has 0 spiro atoms. The van der Waals surface area contributed by atoms with Crippen LogP contribution in [-0.2, 0) is 4.79 Å². The van der Waals surface area contributed by atoms with E-state index in [2.05, 4.69) is 5.32 Å².